The van der Waals surface area contributed by atoms with E-state index in [4.69, 9.17) is 4.74 Å². The molecule has 0 bridgehead atoms. The quantitative estimate of drug-likeness (QED) is 0.831. The third kappa shape index (κ3) is 2.36. The highest BCUT2D eigenvalue weighted by Crippen LogP contribution is 2.29. The lowest BCUT2D eigenvalue weighted by molar-refractivity contribution is -0.0402. The van der Waals surface area contributed by atoms with Crippen LogP contribution in [0.25, 0.3) is 0 Å². The molecule has 0 radical (unpaired) electrons. The van der Waals surface area contributed by atoms with E-state index in [1.165, 1.54) is 4.68 Å². The summed E-state index contributed by atoms with van der Waals surface area (Å²) in [4.78, 5) is 0. The van der Waals surface area contributed by atoms with Crippen LogP contribution in [0.15, 0.2) is 10.7 Å². The number of aromatic nitrogens is 2. The summed E-state index contributed by atoms with van der Waals surface area (Å²) in [5.74, 6) is 0. The first kappa shape index (κ1) is 11.0. The zero-order valence-corrected chi connectivity index (χ0v) is 9.58. The van der Waals surface area contributed by atoms with Crippen molar-refractivity contribution in [1.29, 1.82) is 0 Å². The number of nitrogens with zero attached hydrogens (tertiary/aromatic N) is 2. The van der Waals surface area contributed by atoms with Crippen molar-refractivity contribution in [2.75, 3.05) is 6.61 Å². The van der Waals surface area contributed by atoms with Gasteiger partial charge in [-0.15, -0.1) is 0 Å². The van der Waals surface area contributed by atoms with Crippen molar-refractivity contribution in [2.45, 2.75) is 31.9 Å². The Balaban J connectivity index is 2.17. The molecule has 2 heterocycles. The molecule has 1 atom stereocenters. The first-order valence-electron chi connectivity index (χ1n) is 4.83. The van der Waals surface area contributed by atoms with E-state index in [2.05, 4.69) is 21.0 Å². The largest absolute Gasteiger partial charge is 0.357 e. The van der Waals surface area contributed by atoms with Gasteiger partial charge in [0.1, 0.15) is 11.9 Å². The summed E-state index contributed by atoms with van der Waals surface area (Å²) in [6.45, 7) is 0.673. The van der Waals surface area contributed by atoms with Gasteiger partial charge < -0.3 is 4.74 Å². The topological polar surface area (TPSA) is 27.1 Å². The number of alkyl halides is 2. The van der Waals surface area contributed by atoms with Crippen molar-refractivity contribution in [3.8, 4) is 0 Å². The third-order valence-electron chi connectivity index (χ3n) is 2.37. The highest BCUT2D eigenvalue weighted by molar-refractivity contribution is 9.10. The first-order chi connectivity index (χ1) is 7.18. The molecule has 0 amide bonds. The van der Waals surface area contributed by atoms with Gasteiger partial charge in [0.15, 0.2) is 0 Å². The number of halogens is 3. The van der Waals surface area contributed by atoms with E-state index in [0.29, 0.717) is 11.1 Å². The van der Waals surface area contributed by atoms with Gasteiger partial charge in [-0.25, -0.2) is 13.5 Å². The van der Waals surface area contributed by atoms with Crippen molar-refractivity contribution in [1.82, 2.24) is 9.78 Å². The zero-order valence-electron chi connectivity index (χ0n) is 8.00. The predicted octanol–water partition coefficient (Wildman–Crippen LogP) is 3.28. The van der Waals surface area contributed by atoms with Gasteiger partial charge in [0.05, 0.1) is 4.47 Å². The Kier molecular flexibility index (Phi) is 3.35. The molecule has 6 heteroatoms. The average Bonchev–Trinajstić information content (AvgIpc) is 2.62. The van der Waals surface area contributed by atoms with Crippen LogP contribution in [0.2, 0.25) is 0 Å². The maximum Gasteiger partial charge on any atom is 0.283 e. The van der Waals surface area contributed by atoms with E-state index < -0.39 is 6.43 Å². The van der Waals surface area contributed by atoms with Crippen LogP contribution in [0.3, 0.4) is 0 Å². The van der Waals surface area contributed by atoms with E-state index in [0.717, 1.165) is 19.3 Å². The highest BCUT2D eigenvalue weighted by atomic mass is 79.9. The predicted molar refractivity (Wildman–Crippen MR) is 53.7 cm³/mol. The summed E-state index contributed by atoms with van der Waals surface area (Å²) in [6, 6.07) is 0. The normalized spacial score (nSPS) is 22.3. The Labute approximate surface area is 94.5 Å². The number of ether oxygens (including phenoxy) is 1. The van der Waals surface area contributed by atoms with Crippen LogP contribution in [-0.2, 0) is 4.74 Å². The van der Waals surface area contributed by atoms with Crippen LogP contribution >= 0.6 is 15.9 Å². The Morgan fingerprint density at radius 2 is 2.33 bits per heavy atom. The van der Waals surface area contributed by atoms with E-state index in [-0.39, 0.29) is 11.9 Å². The van der Waals surface area contributed by atoms with Gasteiger partial charge in [-0.2, -0.15) is 5.10 Å². The maximum atomic E-state index is 12.5. The van der Waals surface area contributed by atoms with E-state index >= 15 is 0 Å². The van der Waals surface area contributed by atoms with Gasteiger partial charge in [0.25, 0.3) is 6.43 Å². The van der Waals surface area contributed by atoms with Crippen LogP contribution in [0, 0.1) is 0 Å². The fourth-order valence-corrected chi connectivity index (χ4v) is 2.07. The van der Waals surface area contributed by atoms with Crippen LogP contribution in [0.4, 0.5) is 8.78 Å². The van der Waals surface area contributed by atoms with E-state index in [1.807, 2.05) is 0 Å². The SMILES string of the molecule is FC(F)c1nn(C2CCCCO2)cc1Br. The molecular weight excluding hydrogens is 270 g/mol. The lowest BCUT2D eigenvalue weighted by Crippen LogP contribution is -2.18. The maximum absolute atomic E-state index is 12.5. The van der Waals surface area contributed by atoms with Gasteiger partial charge in [-0.1, -0.05) is 0 Å². The molecule has 1 unspecified atom stereocenters. The van der Waals surface area contributed by atoms with Crippen LogP contribution in [0.1, 0.15) is 37.6 Å². The van der Waals surface area contributed by atoms with Gasteiger partial charge >= 0.3 is 0 Å². The van der Waals surface area contributed by atoms with Crippen molar-refractivity contribution >= 4 is 15.9 Å². The summed E-state index contributed by atoms with van der Waals surface area (Å²) < 4.78 is 32.2. The fourth-order valence-electron chi connectivity index (χ4n) is 1.61. The first-order valence-corrected chi connectivity index (χ1v) is 5.62. The second kappa shape index (κ2) is 4.57. The highest BCUT2D eigenvalue weighted by Gasteiger charge is 2.21. The molecule has 1 aromatic rings. The Morgan fingerprint density at radius 1 is 1.53 bits per heavy atom. The second-order valence-electron chi connectivity index (χ2n) is 3.46. The minimum atomic E-state index is -2.55. The van der Waals surface area contributed by atoms with Crippen molar-refractivity contribution in [2.24, 2.45) is 0 Å². The second-order valence-corrected chi connectivity index (χ2v) is 4.32. The lowest BCUT2D eigenvalue weighted by Gasteiger charge is -2.22. The number of hydrogen-bond donors (Lipinski definition) is 0. The summed E-state index contributed by atoms with van der Waals surface area (Å²) in [6.07, 6.45) is 1.72. The smallest absolute Gasteiger partial charge is 0.283 e. The summed E-state index contributed by atoms with van der Waals surface area (Å²) in [7, 11) is 0. The fraction of sp³-hybridized carbons (Fsp3) is 0.667. The van der Waals surface area contributed by atoms with Gasteiger partial charge in [-0.3, -0.25) is 0 Å². The zero-order chi connectivity index (χ0) is 10.8. The lowest BCUT2D eigenvalue weighted by atomic mass is 10.2. The van der Waals surface area contributed by atoms with Gasteiger partial charge in [0, 0.05) is 12.8 Å². The molecule has 2 rings (SSSR count). The summed E-state index contributed by atoms with van der Waals surface area (Å²) in [5, 5.41) is 3.83. The molecule has 1 aliphatic heterocycles. The van der Waals surface area contributed by atoms with Crippen molar-refractivity contribution < 1.29 is 13.5 Å². The van der Waals surface area contributed by atoms with E-state index in [9.17, 15) is 8.78 Å². The van der Waals surface area contributed by atoms with Crippen LogP contribution in [-0.4, -0.2) is 16.4 Å². The van der Waals surface area contributed by atoms with Crippen LogP contribution < -0.4 is 0 Å². The minimum absolute atomic E-state index is 0.192. The molecule has 0 aliphatic carbocycles. The number of rotatable bonds is 2. The third-order valence-corrected chi connectivity index (χ3v) is 2.98. The molecule has 0 saturated carbocycles. The Hall–Kier alpha value is -0.490. The molecule has 0 aromatic carbocycles. The van der Waals surface area contributed by atoms with Crippen molar-refractivity contribution in [3.63, 3.8) is 0 Å². The molecule has 0 N–H and O–H groups in total. The molecular formula is C9H11BrF2N2O. The summed E-state index contributed by atoms with van der Waals surface area (Å²) in [5.41, 5.74) is -0.218. The molecule has 1 aliphatic rings. The molecule has 0 spiro atoms. The molecule has 1 fully saturated rings. The Morgan fingerprint density at radius 3 is 2.87 bits per heavy atom. The molecule has 1 aromatic heterocycles. The van der Waals surface area contributed by atoms with Gasteiger partial charge in [0.2, 0.25) is 0 Å². The standard InChI is InChI=1S/C9H11BrF2N2O/c10-6-5-14(13-8(6)9(11)12)7-3-1-2-4-15-7/h5,7,9H,1-4H2. The van der Waals surface area contributed by atoms with Gasteiger partial charge in [-0.05, 0) is 35.2 Å². The van der Waals surface area contributed by atoms with E-state index in [1.54, 1.807) is 6.20 Å². The minimum Gasteiger partial charge on any atom is -0.357 e. The van der Waals surface area contributed by atoms with Crippen molar-refractivity contribution in [3.05, 3.63) is 16.4 Å². The molecule has 84 valence electrons. The molecule has 15 heavy (non-hydrogen) atoms. The Bertz CT molecular complexity index is 337. The number of hydrogen-bond acceptors (Lipinski definition) is 2. The van der Waals surface area contributed by atoms with Crippen LogP contribution in [0.5, 0.6) is 0 Å². The summed E-state index contributed by atoms with van der Waals surface area (Å²) >= 11 is 3.07. The molecule has 3 nitrogen and oxygen atoms in total. The monoisotopic (exact) mass is 280 g/mol. The molecule has 1 saturated heterocycles. The average molecular weight is 281 g/mol.